The van der Waals surface area contributed by atoms with Gasteiger partial charge in [-0.3, -0.25) is 4.79 Å². The molecule has 1 rings (SSSR count). The molecule has 0 heterocycles. The number of carbonyl (C=O) groups excluding carboxylic acids is 1. The number of carboxylic acids is 1. The van der Waals surface area contributed by atoms with Crippen molar-refractivity contribution in [2.45, 2.75) is 6.92 Å². The molecule has 2 amide bonds. The Balaban J connectivity index is 2.67. The van der Waals surface area contributed by atoms with Crippen LogP contribution in [0.2, 0.25) is 0 Å². The molecule has 0 saturated heterocycles. The van der Waals surface area contributed by atoms with E-state index in [1.165, 1.54) is 19.2 Å². The Hall–Kier alpha value is -2.11. The highest BCUT2D eigenvalue weighted by Crippen LogP contribution is 2.13. The summed E-state index contributed by atoms with van der Waals surface area (Å²) < 4.78 is 13.2. The summed E-state index contributed by atoms with van der Waals surface area (Å²) in [4.78, 5) is 22.8. The van der Waals surface area contributed by atoms with E-state index < -0.39 is 24.4 Å². The number of nitrogens with zero attached hydrogens (tertiary/aromatic N) is 1. The second kappa shape index (κ2) is 5.29. The second-order valence-electron chi connectivity index (χ2n) is 3.64. The molecule has 5 nitrogen and oxygen atoms in total. The fourth-order valence-electron chi connectivity index (χ4n) is 1.16. The lowest BCUT2D eigenvalue weighted by atomic mass is 10.2. The molecular formula is C11H13FN2O3. The van der Waals surface area contributed by atoms with E-state index in [0.717, 1.165) is 4.90 Å². The first kappa shape index (κ1) is 13.0. The van der Waals surface area contributed by atoms with Gasteiger partial charge in [0.15, 0.2) is 0 Å². The van der Waals surface area contributed by atoms with Gasteiger partial charge < -0.3 is 15.3 Å². The molecule has 0 saturated carbocycles. The van der Waals surface area contributed by atoms with Gasteiger partial charge in [0, 0.05) is 12.7 Å². The fourth-order valence-corrected chi connectivity index (χ4v) is 1.16. The van der Waals surface area contributed by atoms with Crippen molar-refractivity contribution in [3.05, 3.63) is 29.6 Å². The van der Waals surface area contributed by atoms with Crippen molar-refractivity contribution in [2.24, 2.45) is 0 Å². The SMILES string of the molecule is Cc1ccc(NC(=O)N(C)CC(=O)O)cc1F. The smallest absolute Gasteiger partial charge is 0.323 e. The molecule has 0 radical (unpaired) electrons. The van der Waals surface area contributed by atoms with E-state index in [4.69, 9.17) is 5.11 Å². The molecule has 0 fully saturated rings. The molecule has 1 aromatic carbocycles. The van der Waals surface area contributed by atoms with Gasteiger partial charge in [-0.15, -0.1) is 0 Å². The van der Waals surface area contributed by atoms with Crippen molar-refractivity contribution in [1.82, 2.24) is 4.90 Å². The van der Waals surface area contributed by atoms with Crippen LogP contribution in [0.15, 0.2) is 18.2 Å². The van der Waals surface area contributed by atoms with Gasteiger partial charge in [0.25, 0.3) is 0 Å². The summed E-state index contributed by atoms with van der Waals surface area (Å²) in [7, 11) is 1.34. The number of hydrogen-bond acceptors (Lipinski definition) is 2. The molecule has 0 atom stereocenters. The van der Waals surface area contributed by atoms with Crippen molar-refractivity contribution in [3.8, 4) is 0 Å². The predicted molar refractivity (Wildman–Crippen MR) is 60.4 cm³/mol. The number of anilines is 1. The van der Waals surface area contributed by atoms with E-state index in [0.29, 0.717) is 5.56 Å². The Labute approximate surface area is 97.8 Å². The lowest BCUT2D eigenvalue weighted by Gasteiger charge is -2.15. The number of hydrogen-bond donors (Lipinski definition) is 2. The highest BCUT2D eigenvalue weighted by atomic mass is 19.1. The number of carboxylic acid groups (broad SMARTS) is 1. The first-order chi connectivity index (χ1) is 7.90. The number of nitrogens with one attached hydrogen (secondary N) is 1. The Morgan fingerprint density at radius 3 is 2.65 bits per heavy atom. The van der Waals surface area contributed by atoms with Crippen LogP contribution in [0.3, 0.4) is 0 Å². The Bertz CT molecular complexity index is 448. The van der Waals surface area contributed by atoms with Crippen molar-refractivity contribution < 1.29 is 19.1 Å². The van der Waals surface area contributed by atoms with Crippen LogP contribution >= 0.6 is 0 Å². The average molecular weight is 240 g/mol. The zero-order valence-electron chi connectivity index (χ0n) is 9.53. The third kappa shape index (κ3) is 3.75. The van der Waals surface area contributed by atoms with Gasteiger partial charge in [0.05, 0.1) is 0 Å². The van der Waals surface area contributed by atoms with Gasteiger partial charge in [0.1, 0.15) is 12.4 Å². The van der Waals surface area contributed by atoms with Gasteiger partial charge in [-0.1, -0.05) is 6.07 Å². The molecule has 0 aromatic heterocycles. The Morgan fingerprint density at radius 2 is 2.12 bits per heavy atom. The quantitative estimate of drug-likeness (QED) is 0.844. The highest BCUT2D eigenvalue weighted by Gasteiger charge is 2.12. The summed E-state index contributed by atoms with van der Waals surface area (Å²) in [5.41, 5.74) is 0.761. The number of likely N-dealkylation sites (N-methyl/N-ethyl adjacent to an activating group) is 1. The summed E-state index contributed by atoms with van der Waals surface area (Å²) in [6.45, 7) is 1.19. The molecule has 0 aliphatic carbocycles. The maximum Gasteiger partial charge on any atom is 0.323 e. The summed E-state index contributed by atoms with van der Waals surface area (Å²) >= 11 is 0. The summed E-state index contributed by atoms with van der Waals surface area (Å²) in [5, 5.41) is 10.9. The normalized spacial score (nSPS) is 9.82. The molecule has 2 N–H and O–H groups in total. The molecule has 0 aliphatic heterocycles. The van der Waals surface area contributed by atoms with E-state index in [2.05, 4.69) is 5.32 Å². The van der Waals surface area contributed by atoms with Gasteiger partial charge in [-0.2, -0.15) is 0 Å². The zero-order chi connectivity index (χ0) is 13.0. The number of amides is 2. The molecule has 1 aromatic rings. The average Bonchev–Trinajstić information content (AvgIpc) is 2.22. The summed E-state index contributed by atoms with van der Waals surface area (Å²) in [5.74, 6) is -1.54. The maximum atomic E-state index is 13.2. The Morgan fingerprint density at radius 1 is 1.47 bits per heavy atom. The molecule has 17 heavy (non-hydrogen) atoms. The number of aryl methyl sites for hydroxylation is 1. The third-order valence-electron chi connectivity index (χ3n) is 2.14. The van der Waals surface area contributed by atoms with E-state index >= 15 is 0 Å². The topological polar surface area (TPSA) is 69.6 Å². The number of urea groups is 1. The molecule has 0 spiro atoms. The minimum atomic E-state index is -1.11. The van der Waals surface area contributed by atoms with E-state index in [1.807, 2.05) is 0 Å². The summed E-state index contributed by atoms with van der Waals surface area (Å²) in [6, 6.07) is 3.66. The third-order valence-corrected chi connectivity index (χ3v) is 2.14. The van der Waals surface area contributed by atoms with Crippen LogP contribution in [0.1, 0.15) is 5.56 Å². The summed E-state index contributed by atoms with van der Waals surface area (Å²) in [6.07, 6.45) is 0. The largest absolute Gasteiger partial charge is 0.480 e. The molecule has 6 heteroatoms. The minimum Gasteiger partial charge on any atom is -0.480 e. The zero-order valence-corrected chi connectivity index (χ0v) is 9.53. The number of carbonyl (C=O) groups is 2. The standard InChI is InChI=1S/C11H13FN2O3/c1-7-3-4-8(5-9(7)12)13-11(17)14(2)6-10(15)16/h3-5H,6H2,1-2H3,(H,13,17)(H,15,16). The predicted octanol–water partition coefficient (Wildman–Crippen LogP) is 1.68. The van der Waals surface area contributed by atoms with Crippen LogP contribution in [-0.4, -0.2) is 35.6 Å². The second-order valence-corrected chi connectivity index (χ2v) is 3.64. The fraction of sp³-hybridized carbons (Fsp3) is 0.273. The van der Waals surface area contributed by atoms with Crippen molar-refractivity contribution in [2.75, 3.05) is 18.9 Å². The molecule has 0 unspecified atom stereocenters. The Kier molecular flexibility index (Phi) is 4.03. The monoisotopic (exact) mass is 240 g/mol. The van der Waals surface area contributed by atoms with E-state index in [1.54, 1.807) is 13.0 Å². The van der Waals surface area contributed by atoms with Gasteiger partial charge in [-0.05, 0) is 24.6 Å². The van der Waals surface area contributed by atoms with Crippen LogP contribution in [-0.2, 0) is 4.79 Å². The molecular weight excluding hydrogens is 227 g/mol. The molecule has 0 bridgehead atoms. The van der Waals surface area contributed by atoms with Crippen LogP contribution < -0.4 is 5.32 Å². The van der Waals surface area contributed by atoms with Crippen LogP contribution in [0.5, 0.6) is 0 Å². The minimum absolute atomic E-state index is 0.287. The molecule has 92 valence electrons. The molecule has 0 aliphatic rings. The highest BCUT2D eigenvalue weighted by molar-refractivity contribution is 5.91. The first-order valence-electron chi connectivity index (χ1n) is 4.90. The maximum absolute atomic E-state index is 13.2. The number of rotatable bonds is 3. The lowest BCUT2D eigenvalue weighted by Crippen LogP contribution is -2.35. The number of benzene rings is 1. The van der Waals surface area contributed by atoms with E-state index in [-0.39, 0.29) is 5.69 Å². The van der Waals surface area contributed by atoms with Crippen molar-refractivity contribution >= 4 is 17.7 Å². The lowest BCUT2D eigenvalue weighted by molar-refractivity contribution is -0.137. The van der Waals surface area contributed by atoms with Crippen LogP contribution in [0, 0.1) is 12.7 Å². The van der Waals surface area contributed by atoms with Gasteiger partial charge >= 0.3 is 12.0 Å². The van der Waals surface area contributed by atoms with E-state index in [9.17, 15) is 14.0 Å². The van der Waals surface area contributed by atoms with Crippen LogP contribution in [0.25, 0.3) is 0 Å². The number of halogens is 1. The number of aliphatic carboxylic acids is 1. The van der Waals surface area contributed by atoms with Crippen LogP contribution in [0.4, 0.5) is 14.9 Å². The first-order valence-corrected chi connectivity index (χ1v) is 4.90. The van der Waals surface area contributed by atoms with Crippen molar-refractivity contribution in [3.63, 3.8) is 0 Å². The van der Waals surface area contributed by atoms with Gasteiger partial charge in [-0.25, -0.2) is 9.18 Å². The van der Waals surface area contributed by atoms with Crippen molar-refractivity contribution in [1.29, 1.82) is 0 Å². The van der Waals surface area contributed by atoms with Gasteiger partial charge in [0.2, 0.25) is 0 Å².